The van der Waals surface area contributed by atoms with Gasteiger partial charge in [0.1, 0.15) is 0 Å². The molecule has 0 bridgehead atoms. The molecule has 1 saturated heterocycles. The SMILES string of the molecule is O=C1CCC(c2ccc(NCc3ccn(-c4ccccc4)n3)cc2)N1. The lowest BCUT2D eigenvalue weighted by atomic mass is 10.1. The van der Waals surface area contributed by atoms with Gasteiger partial charge in [-0.1, -0.05) is 30.3 Å². The van der Waals surface area contributed by atoms with Gasteiger partial charge >= 0.3 is 0 Å². The number of carbonyl (C=O) groups is 1. The summed E-state index contributed by atoms with van der Waals surface area (Å²) in [6.07, 6.45) is 3.47. The number of hydrogen-bond acceptors (Lipinski definition) is 3. The molecule has 2 heterocycles. The van der Waals surface area contributed by atoms with E-state index in [1.54, 1.807) is 0 Å². The minimum atomic E-state index is 0.140. The fourth-order valence-corrected chi connectivity index (χ4v) is 3.07. The Balaban J connectivity index is 1.37. The van der Waals surface area contributed by atoms with Crippen LogP contribution in [0, 0.1) is 0 Å². The van der Waals surface area contributed by atoms with Gasteiger partial charge in [0.2, 0.25) is 5.91 Å². The number of nitrogens with one attached hydrogen (secondary N) is 2. The average molecular weight is 332 g/mol. The maximum atomic E-state index is 11.3. The number of benzene rings is 2. The molecule has 5 nitrogen and oxygen atoms in total. The molecular formula is C20H20N4O. The highest BCUT2D eigenvalue weighted by Gasteiger charge is 2.21. The zero-order chi connectivity index (χ0) is 17.1. The Labute approximate surface area is 146 Å². The number of aromatic nitrogens is 2. The van der Waals surface area contributed by atoms with E-state index in [1.807, 2.05) is 59.4 Å². The molecule has 1 fully saturated rings. The van der Waals surface area contributed by atoms with Crippen molar-refractivity contribution < 1.29 is 4.79 Å². The molecule has 2 aromatic carbocycles. The second-order valence-electron chi connectivity index (χ2n) is 6.22. The van der Waals surface area contributed by atoms with Crippen LogP contribution in [0.15, 0.2) is 66.9 Å². The molecule has 1 unspecified atom stereocenters. The first kappa shape index (κ1) is 15.4. The van der Waals surface area contributed by atoms with Gasteiger partial charge in [0, 0.05) is 18.3 Å². The molecule has 1 atom stereocenters. The second-order valence-corrected chi connectivity index (χ2v) is 6.22. The summed E-state index contributed by atoms with van der Waals surface area (Å²) in [6.45, 7) is 0.666. The van der Waals surface area contributed by atoms with Gasteiger partial charge < -0.3 is 10.6 Å². The van der Waals surface area contributed by atoms with E-state index >= 15 is 0 Å². The first-order chi connectivity index (χ1) is 12.3. The topological polar surface area (TPSA) is 59.0 Å². The van der Waals surface area contributed by atoms with Crippen molar-refractivity contribution in [2.24, 2.45) is 0 Å². The van der Waals surface area contributed by atoms with E-state index in [0.717, 1.165) is 29.1 Å². The van der Waals surface area contributed by atoms with Gasteiger partial charge in [0.05, 0.1) is 24.0 Å². The molecule has 1 amide bonds. The van der Waals surface area contributed by atoms with E-state index in [1.165, 1.54) is 0 Å². The molecule has 2 N–H and O–H groups in total. The fraction of sp³-hybridized carbons (Fsp3) is 0.200. The predicted molar refractivity (Wildman–Crippen MR) is 97.5 cm³/mol. The number of para-hydroxylation sites is 1. The van der Waals surface area contributed by atoms with Crippen LogP contribution in [0.1, 0.15) is 30.1 Å². The molecule has 126 valence electrons. The lowest BCUT2D eigenvalue weighted by Crippen LogP contribution is -2.18. The van der Waals surface area contributed by atoms with Crippen molar-refractivity contribution in [1.82, 2.24) is 15.1 Å². The molecule has 5 heteroatoms. The summed E-state index contributed by atoms with van der Waals surface area (Å²) in [4.78, 5) is 11.3. The lowest BCUT2D eigenvalue weighted by molar-refractivity contribution is -0.119. The number of hydrogen-bond donors (Lipinski definition) is 2. The van der Waals surface area contributed by atoms with Crippen LogP contribution in [0.3, 0.4) is 0 Å². The fourth-order valence-electron chi connectivity index (χ4n) is 3.07. The van der Waals surface area contributed by atoms with Crippen LogP contribution in [0.2, 0.25) is 0 Å². The Morgan fingerprint density at radius 3 is 2.60 bits per heavy atom. The molecule has 1 aliphatic heterocycles. The molecule has 0 spiro atoms. The molecule has 4 rings (SSSR count). The van der Waals surface area contributed by atoms with Gasteiger partial charge in [-0.3, -0.25) is 4.79 Å². The van der Waals surface area contributed by atoms with Crippen LogP contribution in [0.25, 0.3) is 5.69 Å². The van der Waals surface area contributed by atoms with E-state index in [4.69, 9.17) is 0 Å². The highest BCUT2D eigenvalue weighted by Crippen LogP contribution is 2.24. The minimum Gasteiger partial charge on any atom is -0.379 e. The Hall–Kier alpha value is -3.08. The maximum Gasteiger partial charge on any atom is 0.220 e. The first-order valence-electron chi connectivity index (χ1n) is 8.51. The van der Waals surface area contributed by atoms with E-state index in [2.05, 4.69) is 27.9 Å². The van der Waals surface area contributed by atoms with Crippen molar-refractivity contribution >= 4 is 11.6 Å². The van der Waals surface area contributed by atoms with Gasteiger partial charge in [0.15, 0.2) is 0 Å². The van der Waals surface area contributed by atoms with Crippen molar-refractivity contribution in [3.63, 3.8) is 0 Å². The molecule has 3 aromatic rings. The van der Waals surface area contributed by atoms with Crippen LogP contribution in [0.5, 0.6) is 0 Å². The number of carbonyl (C=O) groups excluding carboxylic acids is 1. The summed E-state index contributed by atoms with van der Waals surface area (Å²) >= 11 is 0. The zero-order valence-corrected chi connectivity index (χ0v) is 13.9. The minimum absolute atomic E-state index is 0.140. The van der Waals surface area contributed by atoms with Gasteiger partial charge in [-0.15, -0.1) is 0 Å². The van der Waals surface area contributed by atoms with E-state index in [0.29, 0.717) is 13.0 Å². The average Bonchev–Trinajstić information content (AvgIpc) is 3.30. The molecule has 25 heavy (non-hydrogen) atoms. The van der Waals surface area contributed by atoms with Crippen molar-refractivity contribution in [3.05, 3.63) is 78.1 Å². The van der Waals surface area contributed by atoms with Crippen molar-refractivity contribution in [3.8, 4) is 5.69 Å². The maximum absolute atomic E-state index is 11.3. The zero-order valence-electron chi connectivity index (χ0n) is 13.9. The third kappa shape index (κ3) is 3.55. The Bertz CT molecular complexity index is 855. The monoisotopic (exact) mass is 332 g/mol. The second kappa shape index (κ2) is 6.81. The molecule has 0 aliphatic carbocycles. The summed E-state index contributed by atoms with van der Waals surface area (Å²) in [7, 11) is 0. The van der Waals surface area contributed by atoms with Crippen LogP contribution in [-0.2, 0) is 11.3 Å². The number of nitrogens with zero attached hydrogens (tertiary/aromatic N) is 2. The third-order valence-corrected chi connectivity index (χ3v) is 4.45. The molecule has 1 aliphatic rings. The van der Waals surface area contributed by atoms with E-state index < -0.39 is 0 Å². The largest absolute Gasteiger partial charge is 0.379 e. The molecule has 0 saturated carbocycles. The lowest BCUT2D eigenvalue weighted by Gasteiger charge is -2.11. The van der Waals surface area contributed by atoms with Gasteiger partial charge in [-0.05, 0) is 42.3 Å². The first-order valence-corrected chi connectivity index (χ1v) is 8.51. The summed E-state index contributed by atoms with van der Waals surface area (Å²) in [5.41, 5.74) is 4.24. The van der Waals surface area contributed by atoms with Gasteiger partial charge in [-0.2, -0.15) is 5.10 Å². The van der Waals surface area contributed by atoms with Crippen molar-refractivity contribution in [1.29, 1.82) is 0 Å². The summed E-state index contributed by atoms with van der Waals surface area (Å²) in [6, 6.07) is 20.5. The van der Waals surface area contributed by atoms with Crippen LogP contribution in [0.4, 0.5) is 5.69 Å². The standard InChI is InChI=1S/C20H20N4O/c25-20-11-10-19(22-20)15-6-8-16(9-7-15)21-14-17-12-13-24(23-17)18-4-2-1-3-5-18/h1-9,12-13,19,21H,10-11,14H2,(H,22,25). The summed E-state index contributed by atoms with van der Waals surface area (Å²) in [5, 5.41) is 11.0. The highest BCUT2D eigenvalue weighted by atomic mass is 16.1. The normalized spacial score (nSPS) is 16.6. The van der Waals surface area contributed by atoms with E-state index in [9.17, 15) is 4.79 Å². The molecule has 1 aromatic heterocycles. The summed E-state index contributed by atoms with van der Waals surface area (Å²) in [5.74, 6) is 0.140. The quantitative estimate of drug-likeness (QED) is 0.752. The molecule has 0 radical (unpaired) electrons. The third-order valence-electron chi connectivity index (χ3n) is 4.45. The Morgan fingerprint density at radius 1 is 1.08 bits per heavy atom. The smallest absolute Gasteiger partial charge is 0.220 e. The highest BCUT2D eigenvalue weighted by molar-refractivity contribution is 5.78. The number of anilines is 1. The number of amides is 1. The summed E-state index contributed by atoms with van der Waals surface area (Å²) < 4.78 is 1.88. The Kier molecular flexibility index (Phi) is 4.21. The number of rotatable bonds is 5. The predicted octanol–water partition coefficient (Wildman–Crippen LogP) is 3.44. The van der Waals surface area contributed by atoms with Gasteiger partial charge in [-0.25, -0.2) is 4.68 Å². The van der Waals surface area contributed by atoms with Crippen molar-refractivity contribution in [2.45, 2.75) is 25.4 Å². The van der Waals surface area contributed by atoms with Gasteiger partial charge in [0.25, 0.3) is 0 Å². The van der Waals surface area contributed by atoms with Crippen LogP contribution in [-0.4, -0.2) is 15.7 Å². The Morgan fingerprint density at radius 2 is 1.88 bits per heavy atom. The van der Waals surface area contributed by atoms with Crippen LogP contribution < -0.4 is 10.6 Å². The molecular weight excluding hydrogens is 312 g/mol. The van der Waals surface area contributed by atoms with E-state index in [-0.39, 0.29) is 11.9 Å². The van der Waals surface area contributed by atoms with Crippen LogP contribution >= 0.6 is 0 Å². The van der Waals surface area contributed by atoms with Crippen molar-refractivity contribution in [2.75, 3.05) is 5.32 Å².